The second kappa shape index (κ2) is 11.3. The Kier molecular flexibility index (Phi) is 8.30. The van der Waals surface area contributed by atoms with Gasteiger partial charge in [-0.3, -0.25) is 0 Å². The van der Waals surface area contributed by atoms with Crippen LogP contribution in [0.25, 0.3) is 6.08 Å². The van der Waals surface area contributed by atoms with Gasteiger partial charge in [-0.2, -0.15) is 0 Å². The van der Waals surface area contributed by atoms with Gasteiger partial charge in [0, 0.05) is 24.5 Å². The van der Waals surface area contributed by atoms with Crippen LogP contribution < -0.4 is 0 Å². The summed E-state index contributed by atoms with van der Waals surface area (Å²) in [4.78, 5) is 12.6. The normalized spacial score (nSPS) is 38.3. The molecule has 1 aliphatic carbocycles. The van der Waals surface area contributed by atoms with Crippen LogP contribution in [0, 0.1) is 17.8 Å². The van der Waals surface area contributed by atoms with E-state index in [-0.39, 0.29) is 24.2 Å². The predicted molar refractivity (Wildman–Crippen MR) is 123 cm³/mol. The Hall–Kier alpha value is -2.51. The molecule has 11 nitrogen and oxygen atoms in total. The van der Waals surface area contributed by atoms with E-state index >= 15 is 0 Å². The summed E-state index contributed by atoms with van der Waals surface area (Å²) in [6.45, 7) is 0.981. The van der Waals surface area contributed by atoms with E-state index in [2.05, 4.69) is 0 Å². The highest BCUT2D eigenvalue weighted by Crippen LogP contribution is 2.48. The molecule has 2 fully saturated rings. The Labute approximate surface area is 207 Å². The maximum atomic E-state index is 12.6. The molecule has 0 spiro atoms. The third kappa shape index (κ3) is 5.42. The maximum absolute atomic E-state index is 12.6. The van der Waals surface area contributed by atoms with Gasteiger partial charge in [0.1, 0.15) is 36.3 Å². The first-order valence-corrected chi connectivity index (χ1v) is 11.8. The van der Waals surface area contributed by atoms with Crippen LogP contribution in [0.15, 0.2) is 42.2 Å². The predicted octanol–water partition coefficient (Wildman–Crippen LogP) is -0.362. The molecule has 0 radical (unpaired) electrons. The number of aliphatic hydroxyl groups is 5. The Morgan fingerprint density at radius 2 is 1.78 bits per heavy atom. The zero-order valence-electron chi connectivity index (χ0n) is 19.7. The van der Waals surface area contributed by atoms with Crippen molar-refractivity contribution in [2.75, 3.05) is 13.2 Å². The van der Waals surface area contributed by atoms with Gasteiger partial charge in [-0.25, -0.2) is 4.79 Å². The molecular formula is C25H32O11. The van der Waals surface area contributed by atoms with Crippen molar-refractivity contribution in [2.24, 2.45) is 17.8 Å². The van der Waals surface area contributed by atoms with Crippen LogP contribution in [0.2, 0.25) is 0 Å². The fourth-order valence-corrected chi connectivity index (χ4v) is 5.17. The number of carbonyl (C=O) groups is 1. The van der Waals surface area contributed by atoms with Gasteiger partial charge in [-0.05, 0) is 48.6 Å². The van der Waals surface area contributed by atoms with Crippen molar-refractivity contribution in [1.82, 2.24) is 0 Å². The van der Waals surface area contributed by atoms with E-state index in [1.54, 1.807) is 18.2 Å². The lowest BCUT2D eigenvalue weighted by Crippen LogP contribution is -2.60. The smallest absolute Gasteiger partial charge is 0.331 e. The van der Waals surface area contributed by atoms with Crippen molar-refractivity contribution < 1.29 is 54.4 Å². The molecule has 0 aromatic heterocycles. The summed E-state index contributed by atoms with van der Waals surface area (Å²) < 4.78 is 22.7. The van der Waals surface area contributed by atoms with E-state index in [1.807, 2.05) is 6.92 Å². The van der Waals surface area contributed by atoms with Crippen molar-refractivity contribution >= 4 is 12.0 Å². The van der Waals surface area contributed by atoms with Crippen LogP contribution in [-0.2, 0) is 23.7 Å². The van der Waals surface area contributed by atoms with Gasteiger partial charge in [0.2, 0.25) is 6.29 Å². The highest BCUT2D eigenvalue weighted by atomic mass is 16.8. The Bertz CT molecular complexity index is 959. The summed E-state index contributed by atoms with van der Waals surface area (Å²) in [5.74, 6) is -1.64. The summed E-state index contributed by atoms with van der Waals surface area (Å²) in [7, 11) is 0. The second-order valence-corrected chi connectivity index (χ2v) is 9.38. The van der Waals surface area contributed by atoms with Crippen molar-refractivity contribution in [3.63, 3.8) is 0 Å². The Morgan fingerprint density at radius 1 is 1.06 bits per heavy atom. The van der Waals surface area contributed by atoms with Crippen molar-refractivity contribution in [3.05, 3.63) is 47.7 Å². The summed E-state index contributed by atoms with van der Waals surface area (Å²) in [6, 6.07) is 6.31. The topological polar surface area (TPSA) is 175 Å². The van der Waals surface area contributed by atoms with Crippen LogP contribution in [-0.4, -0.2) is 92.9 Å². The summed E-state index contributed by atoms with van der Waals surface area (Å²) in [5, 5.41) is 59.3. The van der Waals surface area contributed by atoms with Crippen LogP contribution in [0.5, 0.6) is 5.75 Å². The molecule has 4 rings (SSSR count). The third-order valence-electron chi connectivity index (χ3n) is 7.05. The van der Waals surface area contributed by atoms with E-state index in [0.29, 0.717) is 12.0 Å². The molecule has 2 heterocycles. The Morgan fingerprint density at radius 3 is 2.44 bits per heavy atom. The highest BCUT2D eigenvalue weighted by molar-refractivity contribution is 5.87. The van der Waals surface area contributed by atoms with Gasteiger partial charge < -0.3 is 49.6 Å². The van der Waals surface area contributed by atoms with Crippen LogP contribution in [0.3, 0.4) is 0 Å². The average molecular weight is 509 g/mol. The minimum Gasteiger partial charge on any atom is -0.508 e. The molecule has 1 aromatic rings. The fraction of sp³-hybridized carbons (Fsp3) is 0.560. The number of benzene rings is 1. The summed E-state index contributed by atoms with van der Waals surface area (Å²) in [5.41, 5.74) is 1.49. The number of rotatable bonds is 7. The van der Waals surface area contributed by atoms with E-state index in [9.17, 15) is 35.4 Å². The van der Waals surface area contributed by atoms with E-state index in [1.165, 1.54) is 24.5 Å². The van der Waals surface area contributed by atoms with E-state index in [4.69, 9.17) is 18.9 Å². The lowest BCUT2D eigenvalue weighted by Gasteiger charge is -2.43. The number of fused-ring (bicyclic) bond motifs is 1. The molecule has 11 heteroatoms. The lowest BCUT2D eigenvalue weighted by atomic mass is 9.83. The van der Waals surface area contributed by atoms with Crippen LogP contribution in [0.4, 0.5) is 0 Å². The second-order valence-electron chi connectivity index (χ2n) is 9.38. The number of aromatic hydroxyl groups is 1. The van der Waals surface area contributed by atoms with Gasteiger partial charge in [0.25, 0.3) is 0 Å². The highest BCUT2D eigenvalue weighted by Gasteiger charge is 2.54. The van der Waals surface area contributed by atoms with Gasteiger partial charge in [0.05, 0.1) is 12.9 Å². The third-order valence-corrected chi connectivity index (χ3v) is 7.05. The van der Waals surface area contributed by atoms with E-state index < -0.39 is 61.6 Å². The van der Waals surface area contributed by atoms with Crippen molar-refractivity contribution in [3.8, 4) is 5.75 Å². The first kappa shape index (κ1) is 26.6. The van der Waals surface area contributed by atoms with E-state index in [0.717, 1.165) is 5.57 Å². The van der Waals surface area contributed by atoms with Crippen LogP contribution >= 0.6 is 0 Å². The van der Waals surface area contributed by atoms with Crippen LogP contribution in [0.1, 0.15) is 18.9 Å². The summed E-state index contributed by atoms with van der Waals surface area (Å²) >= 11 is 0. The number of phenolic OH excluding ortho intramolecular Hbond substituents is 1. The number of hydrogen-bond acceptors (Lipinski definition) is 11. The first-order chi connectivity index (χ1) is 17.2. The van der Waals surface area contributed by atoms with Gasteiger partial charge in [0.15, 0.2) is 6.29 Å². The molecule has 0 unspecified atom stereocenters. The number of hydrogen-bond donors (Lipinski definition) is 6. The number of carbonyl (C=O) groups excluding carboxylic acids is 1. The fourth-order valence-electron chi connectivity index (χ4n) is 5.17. The molecule has 198 valence electrons. The first-order valence-electron chi connectivity index (χ1n) is 11.8. The number of ether oxygens (including phenoxy) is 4. The van der Waals surface area contributed by atoms with Gasteiger partial charge >= 0.3 is 5.97 Å². The van der Waals surface area contributed by atoms with Crippen molar-refractivity contribution in [2.45, 2.75) is 56.4 Å². The molecule has 1 aromatic carbocycles. The Balaban J connectivity index is 1.47. The molecule has 0 amide bonds. The van der Waals surface area contributed by atoms with Gasteiger partial charge in [-0.1, -0.05) is 12.1 Å². The lowest BCUT2D eigenvalue weighted by molar-refractivity contribution is -0.343. The minimum atomic E-state index is -1.61. The minimum absolute atomic E-state index is 0.115. The zero-order valence-corrected chi connectivity index (χ0v) is 19.7. The monoisotopic (exact) mass is 508 g/mol. The molecule has 1 saturated heterocycles. The molecular weight excluding hydrogens is 476 g/mol. The number of esters is 1. The number of phenols is 1. The zero-order chi connectivity index (χ0) is 26.0. The van der Waals surface area contributed by atoms with Crippen molar-refractivity contribution in [1.29, 1.82) is 0 Å². The largest absolute Gasteiger partial charge is 0.508 e. The average Bonchev–Trinajstić information content (AvgIpc) is 3.24. The molecule has 1 saturated carbocycles. The van der Waals surface area contributed by atoms with Gasteiger partial charge in [-0.15, -0.1) is 0 Å². The molecule has 10 atom stereocenters. The molecule has 6 N–H and O–H groups in total. The maximum Gasteiger partial charge on any atom is 0.331 e. The number of aliphatic hydroxyl groups excluding tert-OH is 5. The molecule has 2 aliphatic heterocycles. The quantitative estimate of drug-likeness (QED) is 0.209. The standard InChI is InChI=1S/C25H32O11/c1-12-11-33-24(36-25-23(32)22(31)21(30)17(10-27)35-25)20-14(9-26)8-16(19(12)20)34-18(29)7-4-13-2-5-15(28)6-3-13/h2-7,11,14,16-17,19-28,30-32H,8-10H2,1H3/b7-4+/t14-,16+,17-,19-,20+,21-,22+,23-,24-,25+/m0/s1. The summed E-state index contributed by atoms with van der Waals surface area (Å²) in [6.07, 6.45) is -4.24. The SMILES string of the molecule is CC1=CO[C@@H](O[C@H]2O[C@@H](CO)[C@H](O)[C@@H](O)[C@@H]2O)[C@@H]2[C@H](CO)C[C@@H](OC(=O)/C=C/c3ccc(O)cc3)[C@H]12. The molecule has 36 heavy (non-hydrogen) atoms. The molecule has 3 aliphatic rings. The molecule has 0 bridgehead atoms.